The Kier molecular flexibility index (Phi) is 2.83. The number of benzene rings is 1. The molecule has 1 aromatic heterocycles. The summed E-state index contributed by atoms with van der Waals surface area (Å²) in [6, 6.07) is 9.73. The van der Waals surface area contributed by atoms with E-state index in [0.29, 0.717) is 18.2 Å². The van der Waals surface area contributed by atoms with Crippen LogP contribution in [-0.2, 0) is 6.61 Å². The molecule has 0 radical (unpaired) electrons. The average molecular weight is 203 g/mol. The Bertz CT molecular complexity index is 468. The monoisotopic (exact) mass is 203 g/mol. The lowest BCUT2D eigenvalue weighted by molar-refractivity contribution is 0.272. The molecule has 2 aromatic rings. The summed E-state index contributed by atoms with van der Waals surface area (Å²) in [5.74, 6) is 0.597. The first-order valence-electron chi connectivity index (χ1n) is 4.97. The normalized spacial score (nSPS) is 10.5. The van der Waals surface area contributed by atoms with Gasteiger partial charge in [0.2, 0.25) is 5.88 Å². The van der Waals surface area contributed by atoms with E-state index in [4.69, 9.17) is 9.84 Å². The summed E-state index contributed by atoms with van der Waals surface area (Å²) in [6.45, 7) is 2.43. The zero-order chi connectivity index (χ0) is 10.7. The van der Waals surface area contributed by atoms with Crippen LogP contribution in [0.5, 0.6) is 5.88 Å². The molecule has 3 nitrogen and oxygen atoms in total. The summed E-state index contributed by atoms with van der Waals surface area (Å²) >= 11 is 0. The fourth-order valence-electron chi connectivity index (χ4n) is 1.55. The Morgan fingerprint density at radius 2 is 2.13 bits per heavy atom. The van der Waals surface area contributed by atoms with Gasteiger partial charge < -0.3 is 9.84 Å². The molecule has 0 aliphatic rings. The van der Waals surface area contributed by atoms with Crippen LogP contribution in [0.3, 0.4) is 0 Å². The van der Waals surface area contributed by atoms with E-state index in [-0.39, 0.29) is 6.61 Å². The molecule has 0 bridgehead atoms. The number of aromatic nitrogens is 1. The molecule has 2 rings (SSSR count). The van der Waals surface area contributed by atoms with Crippen molar-refractivity contribution in [3.63, 3.8) is 0 Å². The molecule has 1 heterocycles. The standard InChI is InChI=1S/C12H13NO2/c1-2-15-12-11-6-4-3-5-9(11)7-10(8-14)13-12/h3-7,14H,2,8H2,1H3. The van der Waals surface area contributed by atoms with Gasteiger partial charge in [0.1, 0.15) is 0 Å². The largest absolute Gasteiger partial charge is 0.478 e. The van der Waals surface area contributed by atoms with E-state index in [9.17, 15) is 0 Å². The highest BCUT2D eigenvalue weighted by Gasteiger charge is 2.05. The second-order valence-electron chi connectivity index (χ2n) is 3.23. The van der Waals surface area contributed by atoms with Gasteiger partial charge >= 0.3 is 0 Å². The van der Waals surface area contributed by atoms with Crippen LogP contribution in [0.15, 0.2) is 30.3 Å². The Labute approximate surface area is 88.3 Å². The maximum absolute atomic E-state index is 9.07. The van der Waals surface area contributed by atoms with E-state index in [2.05, 4.69) is 4.98 Å². The van der Waals surface area contributed by atoms with Gasteiger partial charge in [0.15, 0.2) is 0 Å². The van der Waals surface area contributed by atoms with Crippen molar-refractivity contribution in [1.29, 1.82) is 0 Å². The van der Waals surface area contributed by atoms with Crippen molar-refractivity contribution in [3.05, 3.63) is 36.0 Å². The molecule has 0 spiro atoms. The molecule has 0 saturated heterocycles. The highest BCUT2D eigenvalue weighted by Crippen LogP contribution is 2.24. The van der Waals surface area contributed by atoms with Gasteiger partial charge in [-0.2, -0.15) is 0 Å². The first kappa shape index (κ1) is 9.93. The third-order valence-electron chi connectivity index (χ3n) is 2.20. The number of ether oxygens (including phenoxy) is 1. The molecule has 1 aromatic carbocycles. The maximum atomic E-state index is 9.07. The predicted molar refractivity (Wildman–Crippen MR) is 58.8 cm³/mol. The van der Waals surface area contributed by atoms with Crippen LogP contribution in [-0.4, -0.2) is 16.7 Å². The molecule has 0 aliphatic heterocycles. The second-order valence-corrected chi connectivity index (χ2v) is 3.23. The van der Waals surface area contributed by atoms with Crippen LogP contribution in [0.1, 0.15) is 12.6 Å². The number of hydrogen-bond donors (Lipinski definition) is 1. The SMILES string of the molecule is CCOc1nc(CO)cc2ccccc12. The van der Waals surface area contributed by atoms with Crippen molar-refractivity contribution in [2.24, 2.45) is 0 Å². The second kappa shape index (κ2) is 4.28. The smallest absolute Gasteiger partial charge is 0.221 e. The third kappa shape index (κ3) is 1.92. The lowest BCUT2D eigenvalue weighted by Crippen LogP contribution is -1.98. The lowest BCUT2D eigenvalue weighted by Gasteiger charge is -2.08. The summed E-state index contributed by atoms with van der Waals surface area (Å²) in [7, 11) is 0. The van der Waals surface area contributed by atoms with Crippen molar-refractivity contribution in [1.82, 2.24) is 4.98 Å². The Hall–Kier alpha value is -1.61. The summed E-state index contributed by atoms with van der Waals surface area (Å²) < 4.78 is 5.44. The van der Waals surface area contributed by atoms with Crippen molar-refractivity contribution in [3.8, 4) is 5.88 Å². The summed E-state index contributed by atoms with van der Waals surface area (Å²) in [6.07, 6.45) is 0. The zero-order valence-corrected chi connectivity index (χ0v) is 8.60. The Morgan fingerprint density at radius 1 is 1.33 bits per heavy atom. The molecular formula is C12H13NO2. The molecule has 15 heavy (non-hydrogen) atoms. The number of aliphatic hydroxyl groups excluding tert-OH is 1. The highest BCUT2D eigenvalue weighted by atomic mass is 16.5. The van der Waals surface area contributed by atoms with Gasteiger partial charge in [-0.1, -0.05) is 18.2 Å². The number of aliphatic hydroxyl groups is 1. The number of hydrogen-bond acceptors (Lipinski definition) is 3. The van der Waals surface area contributed by atoms with E-state index in [1.807, 2.05) is 37.3 Å². The minimum absolute atomic E-state index is 0.0646. The summed E-state index contributed by atoms with van der Waals surface area (Å²) in [5.41, 5.74) is 0.636. The number of fused-ring (bicyclic) bond motifs is 1. The minimum Gasteiger partial charge on any atom is -0.478 e. The Morgan fingerprint density at radius 3 is 2.87 bits per heavy atom. The number of nitrogens with zero attached hydrogens (tertiary/aromatic N) is 1. The molecule has 78 valence electrons. The molecule has 3 heteroatoms. The lowest BCUT2D eigenvalue weighted by atomic mass is 10.1. The Balaban J connectivity index is 2.63. The van der Waals surface area contributed by atoms with Gasteiger partial charge in [-0.15, -0.1) is 0 Å². The van der Waals surface area contributed by atoms with Gasteiger partial charge in [-0.3, -0.25) is 0 Å². The molecule has 0 amide bonds. The van der Waals surface area contributed by atoms with Crippen LogP contribution >= 0.6 is 0 Å². The van der Waals surface area contributed by atoms with E-state index in [0.717, 1.165) is 10.8 Å². The van der Waals surface area contributed by atoms with Crippen molar-refractivity contribution in [2.45, 2.75) is 13.5 Å². The van der Waals surface area contributed by atoms with Gasteiger partial charge in [-0.05, 0) is 24.4 Å². The molecule has 0 unspecified atom stereocenters. The fraction of sp³-hybridized carbons (Fsp3) is 0.250. The first-order valence-corrected chi connectivity index (χ1v) is 4.97. The molecule has 0 saturated carbocycles. The number of rotatable bonds is 3. The van der Waals surface area contributed by atoms with Gasteiger partial charge in [0.25, 0.3) is 0 Å². The van der Waals surface area contributed by atoms with Crippen LogP contribution in [0.4, 0.5) is 0 Å². The van der Waals surface area contributed by atoms with Crippen LogP contribution in [0.25, 0.3) is 10.8 Å². The first-order chi connectivity index (χ1) is 7.35. The zero-order valence-electron chi connectivity index (χ0n) is 8.60. The van der Waals surface area contributed by atoms with E-state index in [1.165, 1.54) is 0 Å². The van der Waals surface area contributed by atoms with Gasteiger partial charge in [0.05, 0.1) is 18.9 Å². The molecule has 0 fully saturated rings. The van der Waals surface area contributed by atoms with E-state index >= 15 is 0 Å². The fourth-order valence-corrected chi connectivity index (χ4v) is 1.55. The summed E-state index contributed by atoms with van der Waals surface area (Å²) in [4.78, 5) is 4.24. The van der Waals surface area contributed by atoms with E-state index in [1.54, 1.807) is 0 Å². The van der Waals surface area contributed by atoms with E-state index < -0.39 is 0 Å². The van der Waals surface area contributed by atoms with Crippen molar-refractivity contribution in [2.75, 3.05) is 6.61 Å². The molecule has 1 N–H and O–H groups in total. The highest BCUT2D eigenvalue weighted by molar-refractivity contribution is 5.87. The number of pyridine rings is 1. The maximum Gasteiger partial charge on any atom is 0.221 e. The quantitative estimate of drug-likeness (QED) is 0.830. The molecular weight excluding hydrogens is 190 g/mol. The molecule has 0 atom stereocenters. The van der Waals surface area contributed by atoms with Crippen LogP contribution < -0.4 is 4.74 Å². The van der Waals surface area contributed by atoms with Crippen molar-refractivity contribution >= 4 is 10.8 Å². The van der Waals surface area contributed by atoms with Crippen molar-refractivity contribution < 1.29 is 9.84 Å². The van der Waals surface area contributed by atoms with Gasteiger partial charge in [-0.25, -0.2) is 4.98 Å². The van der Waals surface area contributed by atoms with Crippen LogP contribution in [0, 0.1) is 0 Å². The topological polar surface area (TPSA) is 42.4 Å². The molecule has 0 aliphatic carbocycles. The third-order valence-corrected chi connectivity index (χ3v) is 2.20. The summed E-state index contributed by atoms with van der Waals surface area (Å²) in [5, 5.41) is 11.1. The minimum atomic E-state index is -0.0646. The van der Waals surface area contributed by atoms with Crippen LogP contribution in [0.2, 0.25) is 0 Å². The predicted octanol–water partition coefficient (Wildman–Crippen LogP) is 2.13. The average Bonchev–Trinajstić information content (AvgIpc) is 2.29. The van der Waals surface area contributed by atoms with Gasteiger partial charge in [0, 0.05) is 5.39 Å².